The minimum absolute atomic E-state index is 0.172. The second kappa shape index (κ2) is 8.13. The number of aryl methyl sites for hydroxylation is 1. The number of benzene rings is 2. The van der Waals surface area contributed by atoms with Crippen LogP contribution < -0.4 is 15.7 Å². The fourth-order valence-corrected chi connectivity index (χ4v) is 2.73. The van der Waals surface area contributed by atoms with E-state index in [1.54, 1.807) is 25.1 Å². The van der Waals surface area contributed by atoms with Gasteiger partial charge in [0.1, 0.15) is 5.58 Å². The highest BCUT2D eigenvalue weighted by molar-refractivity contribution is 5.83. The van der Waals surface area contributed by atoms with E-state index in [1.807, 2.05) is 0 Å². The Morgan fingerprint density at radius 3 is 2.27 bits per heavy atom. The Balaban J connectivity index is 1.78. The number of amides is 1. The number of carbonyl (C=O) groups excluding carboxylic acids is 1. The van der Waals surface area contributed by atoms with Gasteiger partial charge >= 0.3 is 5.63 Å². The molecule has 1 N–H and O–H groups in total. The highest BCUT2D eigenvalue weighted by Crippen LogP contribution is 2.29. The Bertz CT molecular complexity index is 1180. The summed E-state index contributed by atoms with van der Waals surface area (Å²) in [7, 11) is 0. The molecule has 1 atom stereocenters. The molecule has 1 amide bonds. The van der Waals surface area contributed by atoms with Crippen molar-refractivity contribution in [2.45, 2.75) is 26.5 Å². The molecule has 158 valence electrons. The third-order valence-electron chi connectivity index (χ3n) is 4.27. The van der Waals surface area contributed by atoms with Gasteiger partial charge in [0, 0.05) is 18.0 Å². The normalized spacial score (nSPS) is 12.1. The summed E-state index contributed by atoms with van der Waals surface area (Å²) in [5, 5.41) is 2.93. The Morgan fingerprint density at radius 1 is 1.03 bits per heavy atom. The fourth-order valence-electron chi connectivity index (χ4n) is 2.73. The van der Waals surface area contributed by atoms with E-state index in [0.717, 1.165) is 18.6 Å². The van der Waals surface area contributed by atoms with Crippen molar-refractivity contribution in [2.75, 3.05) is 0 Å². The van der Waals surface area contributed by atoms with Crippen LogP contribution in [0.15, 0.2) is 33.5 Å². The molecule has 0 aliphatic rings. The molecular weight excluding hydrogens is 413 g/mol. The van der Waals surface area contributed by atoms with Crippen molar-refractivity contribution in [3.63, 3.8) is 0 Å². The fraction of sp³-hybridized carbons (Fsp3) is 0.200. The Hall–Kier alpha value is -3.43. The van der Waals surface area contributed by atoms with Crippen molar-refractivity contribution in [1.82, 2.24) is 5.32 Å². The summed E-state index contributed by atoms with van der Waals surface area (Å²) in [6.07, 6.45) is -1.60. The largest absolute Gasteiger partial charge is 0.475 e. The van der Waals surface area contributed by atoms with Crippen LogP contribution in [0.1, 0.15) is 18.1 Å². The third kappa shape index (κ3) is 3.98. The van der Waals surface area contributed by atoms with Crippen molar-refractivity contribution in [3.05, 3.63) is 74.9 Å². The van der Waals surface area contributed by atoms with Crippen LogP contribution in [0.25, 0.3) is 11.0 Å². The van der Waals surface area contributed by atoms with Crippen LogP contribution in [-0.2, 0) is 11.3 Å². The maximum Gasteiger partial charge on any atom is 0.336 e. The van der Waals surface area contributed by atoms with Crippen LogP contribution >= 0.6 is 0 Å². The van der Waals surface area contributed by atoms with Crippen molar-refractivity contribution >= 4 is 16.9 Å². The van der Waals surface area contributed by atoms with Crippen molar-refractivity contribution < 1.29 is 35.9 Å². The van der Waals surface area contributed by atoms with Gasteiger partial charge in [-0.2, -0.15) is 8.78 Å². The summed E-state index contributed by atoms with van der Waals surface area (Å²) in [4.78, 5) is 23.9. The Labute approximate surface area is 166 Å². The summed E-state index contributed by atoms with van der Waals surface area (Å²) in [5.41, 5.74) is 0.898. The van der Waals surface area contributed by atoms with E-state index in [9.17, 15) is 31.5 Å². The number of nitrogens with one attached hydrogen (secondary N) is 1. The number of ether oxygens (including phenoxy) is 1. The Morgan fingerprint density at radius 2 is 1.63 bits per heavy atom. The first-order valence-electron chi connectivity index (χ1n) is 8.59. The average Bonchev–Trinajstić information content (AvgIpc) is 2.71. The topological polar surface area (TPSA) is 68.5 Å². The molecule has 0 aliphatic carbocycles. The molecule has 5 nitrogen and oxygen atoms in total. The highest BCUT2D eigenvalue weighted by atomic mass is 19.2. The minimum atomic E-state index is -2.33. The molecule has 1 heterocycles. The first kappa shape index (κ1) is 21.3. The van der Waals surface area contributed by atoms with Crippen LogP contribution in [0.2, 0.25) is 0 Å². The number of hydrogen-bond acceptors (Lipinski definition) is 4. The van der Waals surface area contributed by atoms with Crippen LogP contribution in [0.5, 0.6) is 5.75 Å². The van der Waals surface area contributed by atoms with Crippen LogP contribution in [0, 0.1) is 36.0 Å². The van der Waals surface area contributed by atoms with Crippen molar-refractivity contribution in [3.8, 4) is 5.75 Å². The van der Waals surface area contributed by atoms with Crippen molar-refractivity contribution in [2.24, 2.45) is 0 Å². The van der Waals surface area contributed by atoms with Gasteiger partial charge in [-0.3, -0.25) is 4.79 Å². The van der Waals surface area contributed by atoms with E-state index in [0.29, 0.717) is 16.5 Å². The molecule has 0 radical (unpaired) electrons. The molecule has 1 unspecified atom stereocenters. The molecule has 1 aromatic heterocycles. The SMILES string of the molecule is Cc1ccc2c(CNC(=O)C(C)Oc3c(F)c(F)c(F)c(F)c3F)cc(=O)oc2c1. The molecule has 10 heteroatoms. The molecule has 0 saturated heterocycles. The second-order valence-electron chi connectivity index (χ2n) is 6.47. The second-order valence-corrected chi connectivity index (χ2v) is 6.47. The van der Waals surface area contributed by atoms with Gasteiger partial charge in [0.25, 0.3) is 5.91 Å². The predicted octanol–water partition coefficient (Wildman–Crippen LogP) is 3.88. The molecule has 0 saturated carbocycles. The van der Waals surface area contributed by atoms with Gasteiger partial charge in [-0.1, -0.05) is 12.1 Å². The highest BCUT2D eigenvalue weighted by Gasteiger charge is 2.29. The lowest BCUT2D eigenvalue weighted by atomic mass is 10.1. The first-order chi connectivity index (χ1) is 14.1. The zero-order valence-electron chi connectivity index (χ0n) is 15.6. The molecule has 0 fully saturated rings. The molecular formula is C20H14F5NO4. The van der Waals surface area contributed by atoms with Gasteiger partial charge < -0.3 is 14.5 Å². The summed E-state index contributed by atoms with van der Waals surface area (Å²) in [6.45, 7) is 2.69. The summed E-state index contributed by atoms with van der Waals surface area (Å²) >= 11 is 0. The molecule has 0 aliphatic heterocycles. The number of carbonyl (C=O) groups is 1. The van der Waals surface area contributed by atoms with E-state index in [1.165, 1.54) is 0 Å². The van der Waals surface area contributed by atoms with Crippen LogP contribution in [-0.4, -0.2) is 12.0 Å². The molecule has 0 spiro atoms. The molecule has 2 aromatic carbocycles. The predicted molar refractivity (Wildman–Crippen MR) is 95.4 cm³/mol. The third-order valence-corrected chi connectivity index (χ3v) is 4.27. The molecule has 30 heavy (non-hydrogen) atoms. The monoisotopic (exact) mass is 427 g/mol. The summed E-state index contributed by atoms with van der Waals surface area (Å²) < 4.78 is 76.8. The van der Waals surface area contributed by atoms with E-state index < -0.39 is 52.5 Å². The Kier molecular flexibility index (Phi) is 5.77. The lowest BCUT2D eigenvalue weighted by Crippen LogP contribution is -2.36. The van der Waals surface area contributed by atoms with E-state index in [4.69, 9.17) is 4.42 Å². The van der Waals surface area contributed by atoms with Gasteiger partial charge in [-0.05, 0) is 31.0 Å². The van der Waals surface area contributed by atoms with Crippen LogP contribution in [0.4, 0.5) is 22.0 Å². The van der Waals surface area contributed by atoms with Crippen molar-refractivity contribution in [1.29, 1.82) is 0 Å². The van der Waals surface area contributed by atoms with Gasteiger partial charge in [-0.25, -0.2) is 18.0 Å². The van der Waals surface area contributed by atoms with Gasteiger partial charge in [-0.15, -0.1) is 0 Å². The smallest absolute Gasteiger partial charge is 0.336 e. The first-order valence-corrected chi connectivity index (χ1v) is 8.59. The number of fused-ring (bicyclic) bond motifs is 1. The van der Waals surface area contributed by atoms with Gasteiger partial charge in [0.05, 0.1) is 0 Å². The van der Waals surface area contributed by atoms with Crippen LogP contribution in [0.3, 0.4) is 0 Å². The average molecular weight is 427 g/mol. The lowest BCUT2D eigenvalue weighted by Gasteiger charge is -2.16. The van der Waals surface area contributed by atoms with E-state index in [2.05, 4.69) is 10.1 Å². The number of hydrogen-bond donors (Lipinski definition) is 1. The zero-order chi connectivity index (χ0) is 22.2. The standard InChI is InChI=1S/C20H14F5NO4/c1-8-3-4-11-10(6-13(27)30-12(11)5-8)7-26-20(28)9(2)29-19-17(24)15(22)14(21)16(23)18(19)25/h3-6,9H,7H2,1-2H3,(H,26,28). The van der Waals surface area contributed by atoms with Gasteiger partial charge in [0.2, 0.25) is 29.1 Å². The number of rotatable bonds is 5. The zero-order valence-corrected chi connectivity index (χ0v) is 15.6. The molecule has 3 aromatic rings. The van der Waals surface area contributed by atoms with Gasteiger partial charge in [0.15, 0.2) is 11.9 Å². The minimum Gasteiger partial charge on any atom is -0.475 e. The van der Waals surface area contributed by atoms with E-state index >= 15 is 0 Å². The summed E-state index contributed by atoms with van der Waals surface area (Å²) in [6, 6.07) is 6.25. The lowest BCUT2D eigenvalue weighted by molar-refractivity contribution is -0.127. The van der Waals surface area contributed by atoms with E-state index in [-0.39, 0.29) is 6.54 Å². The molecule has 0 bridgehead atoms. The molecule has 3 rings (SSSR count). The quantitative estimate of drug-likeness (QED) is 0.291. The number of halogens is 5. The summed E-state index contributed by atoms with van der Waals surface area (Å²) in [5.74, 6) is -13.5. The maximum absolute atomic E-state index is 13.7. The maximum atomic E-state index is 13.7.